The van der Waals surface area contributed by atoms with Crippen LogP contribution in [0, 0.1) is 5.82 Å². The molecule has 3 aromatic rings. The number of hydrogen-bond acceptors (Lipinski definition) is 5. The highest BCUT2D eigenvalue weighted by atomic mass is 35.5. The molecule has 0 aliphatic carbocycles. The van der Waals surface area contributed by atoms with Crippen LogP contribution in [0.1, 0.15) is 19.4 Å². The summed E-state index contributed by atoms with van der Waals surface area (Å²) < 4.78 is 47.2. The van der Waals surface area contributed by atoms with Crippen molar-refractivity contribution in [1.82, 2.24) is 10.2 Å². The van der Waals surface area contributed by atoms with E-state index < -0.39 is 40.2 Å². The van der Waals surface area contributed by atoms with Crippen molar-refractivity contribution in [2.75, 3.05) is 24.5 Å². The number of anilines is 1. The number of benzene rings is 3. The lowest BCUT2D eigenvalue weighted by Crippen LogP contribution is -2.51. The third-order valence-electron chi connectivity index (χ3n) is 5.95. The van der Waals surface area contributed by atoms with Crippen LogP contribution < -0.4 is 14.4 Å². The highest BCUT2D eigenvalue weighted by Gasteiger charge is 2.33. The topological polar surface area (TPSA) is 96.0 Å². The number of carbonyl (C=O) groups is 2. The van der Waals surface area contributed by atoms with Crippen molar-refractivity contribution in [3.05, 3.63) is 88.2 Å². The van der Waals surface area contributed by atoms with Gasteiger partial charge in [0.05, 0.1) is 17.7 Å². The number of methoxy groups -OCH3 is 1. The Balaban J connectivity index is 2.06. The largest absolute Gasteiger partial charge is 0.497 e. The molecule has 0 aliphatic heterocycles. The molecule has 0 saturated heterocycles. The predicted octanol–water partition coefficient (Wildman–Crippen LogP) is 4.89. The smallest absolute Gasteiger partial charge is 0.264 e. The van der Waals surface area contributed by atoms with Gasteiger partial charge < -0.3 is 15.0 Å². The minimum Gasteiger partial charge on any atom is -0.497 e. The number of sulfonamides is 1. The second-order valence-electron chi connectivity index (χ2n) is 8.46. The molecule has 0 heterocycles. The van der Waals surface area contributed by atoms with E-state index >= 15 is 0 Å². The van der Waals surface area contributed by atoms with Gasteiger partial charge in [0.1, 0.15) is 24.2 Å². The summed E-state index contributed by atoms with van der Waals surface area (Å²) in [5, 5.41) is 3.23. The SMILES string of the molecule is CCNC(=O)[C@H](C)N(Cc1c(Cl)cccc1Cl)C(=O)CN(c1ccc(F)cc1)S(=O)(=O)c1ccc(OC)cc1. The van der Waals surface area contributed by atoms with Crippen LogP contribution in [0.3, 0.4) is 0 Å². The summed E-state index contributed by atoms with van der Waals surface area (Å²) in [5.41, 5.74) is 0.457. The van der Waals surface area contributed by atoms with E-state index in [-0.39, 0.29) is 27.2 Å². The summed E-state index contributed by atoms with van der Waals surface area (Å²) in [7, 11) is -2.86. The molecule has 0 aliphatic rings. The molecule has 0 saturated carbocycles. The number of nitrogens with zero attached hydrogens (tertiary/aromatic N) is 2. The summed E-state index contributed by atoms with van der Waals surface area (Å²) in [5.74, 6) is -1.28. The van der Waals surface area contributed by atoms with Gasteiger partial charge >= 0.3 is 0 Å². The third-order valence-corrected chi connectivity index (χ3v) is 8.45. The molecule has 12 heteroatoms. The minimum absolute atomic E-state index is 0.0574. The van der Waals surface area contributed by atoms with Gasteiger partial charge in [-0.05, 0) is 74.5 Å². The Kier molecular flexibility index (Phi) is 10.2. The summed E-state index contributed by atoms with van der Waals surface area (Å²) >= 11 is 12.7. The van der Waals surface area contributed by atoms with Crippen LogP contribution in [-0.2, 0) is 26.2 Å². The van der Waals surface area contributed by atoms with Gasteiger partial charge in [-0.1, -0.05) is 29.3 Å². The summed E-state index contributed by atoms with van der Waals surface area (Å²) in [6, 6.07) is 14.2. The molecule has 0 bridgehead atoms. The van der Waals surface area contributed by atoms with Gasteiger partial charge in [-0.3, -0.25) is 13.9 Å². The van der Waals surface area contributed by atoms with Crippen LogP contribution in [0.5, 0.6) is 5.75 Å². The van der Waals surface area contributed by atoms with E-state index in [1.54, 1.807) is 25.1 Å². The maximum absolute atomic E-state index is 13.8. The number of carbonyl (C=O) groups excluding carboxylic acids is 2. The lowest BCUT2D eigenvalue weighted by atomic mass is 10.1. The normalized spacial score (nSPS) is 11.9. The second kappa shape index (κ2) is 13.1. The Morgan fingerprint density at radius 1 is 1.00 bits per heavy atom. The van der Waals surface area contributed by atoms with Crippen molar-refractivity contribution in [1.29, 1.82) is 0 Å². The van der Waals surface area contributed by atoms with Gasteiger partial charge in [0.25, 0.3) is 10.0 Å². The van der Waals surface area contributed by atoms with E-state index in [1.807, 2.05) is 0 Å². The van der Waals surface area contributed by atoms with Gasteiger partial charge in [0.15, 0.2) is 0 Å². The molecular weight excluding hydrogens is 568 g/mol. The highest BCUT2D eigenvalue weighted by molar-refractivity contribution is 7.92. The van der Waals surface area contributed by atoms with Crippen LogP contribution in [-0.4, -0.2) is 51.4 Å². The Hall–Kier alpha value is -3.34. The quantitative estimate of drug-likeness (QED) is 0.340. The van der Waals surface area contributed by atoms with E-state index in [0.717, 1.165) is 16.4 Å². The first-order valence-corrected chi connectivity index (χ1v) is 14.1. The van der Waals surface area contributed by atoms with Crippen molar-refractivity contribution >= 4 is 50.7 Å². The lowest BCUT2D eigenvalue weighted by Gasteiger charge is -2.32. The van der Waals surface area contributed by atoms with Crippen molar-refractivity contribution in [2.24, 2.45) is 0 Å². The minimum atomic E-state index is -4.31. The molecule has 39 heavy (non-hydrogen) atoms. The van der Waals surface area contributed by atoms with Crippen LogP contribution in [0.4, 0.5) is 10.1 Å². The van der Waals surface area contributed by atoms with E-state index in [2.05, 4.69) is 5.32 Å². The second-order valence-corrected chi connectivity index (χ2v) is 11.1. The predicted molar refractivity (Wildman–Crippen MR) is 149 cm³/mol. The lowest BCUT2D eigenvalue weighted by molar-refractivity contribution is -0.139. The molecular formula is C27H28Cl2FN3O5S. The zero-order valence-electron chi connectivity index (χ0n) is 21.5. The van der Waals surface area contributed by atoms with Gasteiger partial charge in [-0.25, -0.2) is 12.8 Å². The summed E-state index contributed by atoms with van der Waals surface area (Å²) in [4.78, 5) is 27.7. The number of nitrogens with one attached hydrogen (secondary N) is 1. The van der Waals surface area contributed by atoms with Crippen LogP contribution in [0.25, 0.3) is 0 Å². The monoisotopic (exact) mass is 595 g/mol. The first-order valence-electron chi connectivity index (χ1n) is 11.9. The first-order chi connectivity index (χ1) is 18.5. The number of likely N-dealkylation sites (N-methyl/N-ethyl adjacent to an activating group) is 1. The third kappa shape index (κ3) is 7.20. The number of amides is 2. The fourth-order valence-electron chi connectivity index (χ4n) is 3.77. The summed E-state index contributed by atoms with van der Waals surface area (Å²) in [6.07, 6.45) is 0. The molecule has 1 atom stereocenters. The first kappa shape index (κ1) is 30.2. The van der Waals surface area contributed by atoms with Crippen LogP contribution in [0.2, 0.25) is 10.0 Å². The van der Waals surface area contributed by atoms with Gasteiger partial charge in [0, 0.05) is 28.7 Å². The molecule has 3 rings (SSSR count). The molecule has 1 N–H and O–H groups in total. The fraction of sp³-hybridized carbons (Fsp3) is 0.259. The van der Waals surface area contributed by atoms with Gasteiger partial charge in [-0.15, -0.1) is 0 Å². The molecule has 0 spiro atoms. The molecule has 208 valence electrons. The number of rotatable bonds is 11. The average Bonchev–Trinajstić information content (AvgIpc) is 2.92. The zero-order valence-corrected chi connectivity index (χ0v) is 23.9. The van der Waals surface area contributed by atoms with Crippen molar-refractivity contribution in [3.63, 3.8) is 0 Å². The average molecular weight is 597 g/mol. The maximum atomic E-state index is 13.8. The molecule has 0 radical (unpaired) electrons. The van der Waals surface area contributed by atoms with Crippen LogP contribution in [0.15, 0.2) is 71.6 Å². The Morgan fingerprint density at radius 2 is 1.59 bits per heavy atom. The molecule has 2 amide bonds. The number of ether oxygens (including phenoxy) is 1. The van der Waals surface area contributed by atoms with Gasteiger partial charge in [-0.2, -0.15) is 0 Å². The molecule has 0 fully saturated rings. The number of halogens is 3. The summed E-state index contributed by atoms with van der Waals surface area (Å²) in [6.45, 7) is 2.74. The molecule has 3 aromatic carbocycles. The standard InChI is InChI=1S/C27H28Cl2FN3O5S/c1-4-31-27(35)18(2)32(16-23-24(28)6-5-7-25(23)29)26(34)17-33(20-10-8-19(30)9-11-20)39(36,37)22-14-12-21(38-3)13-15-22/h5-15,18H,4,16-17H2,1-3H3,(H,31,35)/t18-/m0/s1. The van der Waals surface area contributed by atoms with Gasteiger partial charge in [0.2, 0.25) is 11.8 Å². The van der Waals surface area contributed by atoms with Crippen molar-refractivity contribution in [2.45, 2.75) is 31.3 Å². The van der Waals surface area contributed by atoms with Crippen molar-refractivity contribution < 1.29 is 27.1 Å². The zero-order chi connectivity index (χ0) is 28.7. The number of hydrogen-bond donors (Lipinski definition) is 1. The fourth-order valence-corrected chi connectivity index (χ4v) is 5.70. The molecule has 8 nitrogen and oxygen atoms in total. The van der Waals surface area contributed by atoms with E-state index in [1.165, 1.54) is 55.3 Å². The van der Waals surface area contributed by atoms with E-state index in [0.29, 0.717) is 17.9 Å². The Labute approximate surface area is 237 Å². The van der Waals surface area contributed by atoms with Crippen LogP contribution >= 0.6 is 23.2 Å². The van der Waals surface area contributed by atoms with E-state index in [9.17, 15) is 22.4 Å². The van der Waals surface area contributed by atoms with Crippen molar-refractivity contribution in [3.8, 4) is 5.75 Å². The van der Waals surface area contributed by atoms with E-state index in [4.69, 9.17) is 27.9 Å². The Morgan fingerprint density at radius 3 is 2.13 bits per heavy atom. The highest BCUT2D eigenvalue weighted by Crippen LogP contribution is 2.29. The molecule has 0 unspecified atom stereocenters. The Bertz CT molecular complexity index is 1400. The molecule has 0 aromatic heterocycles. The maximum Gasteiger partial charge on any atom is 0.264 e.